The molecule has 2 rings (SSSR count). The Labute approximate surface area is 113 Å². The number of thiazole rings is 1. The Bertz CT molecular complexity index is 476. The SMILES string of the molecule is CC(=O)c1sc(N2CCC(C(F)(F)F)CC2)nc1C. The quantitative estimate of drug-likeness (QED) is 0.783. The zero-order chi connectivity index (χ0) is 14.2. The molecule has 7 heteroatoms. The molecule has 1 aliphatic rings. The van der Waals surface area contributed by atoms with Gasteiger partial charge >= 0.3 is 6.18 Å². The Balaban J connectivity index is 2.06. The first-order valence-electron chi connectivity index (χ1n) is 6.09. The average molecular weight is 292 g/mol. The number of hydrogen-bond acceptors (Lipinski definition) is 4. The number of piperidine rings is 1. The highest BCUT2D eigenvalue weighted by Crippen LogP contribution is 2.36. The maximum Gasteiger partial charge on any atom is 0.391 e. The molecule has 1 aromatic rings. The molecule has 1 fully saturated rings. The van der Waals surface area contributed by atoms with Crippen LogP contribution in [0.5, 0.6) is 0 Å². The Morgan fingerprint density at radius 2 is 1.95 bits per heavy atom. The maximum atomic E-state index is 12.6. The molecule has 1 aliphatic heterocycles. The van der Waals surface area contributed by atoms with E-state index >= 15 is 0 Å². The molecule has 19 heavy (non-hydrogen) atoms. The first-order valence-corrected chi connectivity index (χ1v) is 6.90. The summed E-state index contributed by atoms with van der Waals surface area (Å²) in [6, 6.07) is 0. The first-order chi connectivity index (χ1) is 8.79. The third-order valence-corrected chi connectivity index (χ3v) is 4.65. The minimum atomic E-state index is -4.10. The molecule has 0 aromatic carbocycles. The number of carbonyl (C=O) groups is 1. The lowest BCUT2D eigenvalue weighted by molar-refractivity contribution is -0.179. The molecule has 0 amide bonds. The van der Waals surface area contributed by atoms with Crippen molar-refractivity contribution in [3.05, 3.63) is 10.6 Å². The first kappa shape index (κ1) is 14.3. The second kappa shape index (κ2) is 5.11. The molecular formula is C12H15F3N2OS. The topological polar surface area (TPSA) is 33.2 Å². The van der Waals surface area contributed by atoms with Gasteiger partial charge in [-0.25, -0.2) is 4.98 Å². The average Bonchev–Trinajstić information content (AvgIpc) is 2.70. The van der Waals surface area contributed by atoms with Crippen LogP contribution in [0.2, 0.25) is 0 Å². The van der Waals surface area contributed by atoms with Crippen LogP contribution >= 0.6 is 11.3 Å². The van der Waals surface area contributed by atoms with Gasteiger partial charge in [-0.1, -0.05) is 11.3 Å². The number of ketones is 1. The summed E-state index contributed by atoms with van der Waals surface area (Å²) in [6.45, 7) is 3.91. The lowest BCUT2D eigenvalue weighted by Gasteiger charge is -2.32. The number of Topliss-reactive ketones (excluding diaryl/α,β-unsaturated/α-hetero) is 1. The van der Waals surface area contributed by atoms with Crippen LogP contribution in [0, 0.1) is 12.8 Å². The molecule has 3 nitrogen and oxygen atoms in total. The van der Waals surface area contributed by atoms with Crippen LogP contribution in [0.4, 0.5) is 18.3 Å². The number of alkyl halides is 3. The molecule has 0 atom stereocenters. The third kappa shape index (κ3) is 3.08. The Kier molecular flexibility index (Phi) is 3.85. The van der Waals surface area contributed by atoms with Gasteiger partial charge in [-0.2, -0.15) is 13.2 Å². The lowest BCUT2D eigenvalue weighted by atomic mass is 9.97. The number of aromatic nitrogens is 1. The molecule has 106 valence electrons. The van der Waals surface area contributed by atoms with Gasteiger partial charge in [0.1, 0.15) is 0 Å². The second-order valence-electron chi connectivity index (χ2n) is 4.77. The van der Waals surface area contributed by atoms with Gasteiger partial charge in [0.2, 0.25) is 0 Å². The second-order valence-corrected chi connectivity index (χ2v) is 5.75. The van der Waals surface area contributed by atoms with E-state index in [-0.39, 0.29) is 18.6 Å². The zero-order valence-electron chi connectivity index (χ0n) is 10.8. The van der Waals surface area contributed by atoms with Gasteiger partial charge in [-0.15, -0.1) is 0 Å². The molecule has 0 bridgehead atoms. The van der Waals surface area contributed by atoms with Crippen molar-refractivity contribution in [2.75, 3.05) is 18.0 Å². The van der Waals surface area contributed by atoms with Crippen molar-refractivity contribution in [3.63, 3.8) is 0 Å². The number of hydrogen-bond donors (Lipinski definition) is 0. The number of anilines is 1. The highest BCUT2D eigenvalue weighted by Gasteiger charge is 2.41. The van der Waals surface area contributed by atoms with Gasteiger partial charge in [-0.3, -0.25) is 4.79 Å². The van der Waals surface area contributed by atoms with E-state index in [0.717, 1.165) is 0 Å². The lowest BCUT2D eigenvalue weighted by Crippen LogP contribution is -2.38. The van der Waals surface area contributed by atoms with Crippen LogP contribution in [-0.4, -0.2) is 30.0 Å². The number of aryl methyl sites for hydroxylation is 1. The molecule has 0 saturated carbocycles. The zero-order valence-corrected chi connectivity index (χ0v) is 11.6. The number of carbonyl (C=O) groups excluding carboxylic acids is 1. The van der Waals surface area contributed by atoms with E-state index in [1.165, 1.54) is 18.3 Å². The van der Waals surface area contributed by atoms with Gasteiger partial charge in [-0.05, 0) is 19.8 Å². The van der Waals surface area contributed by atoms with Gasteiger partial charge in [0, 0.05) is 20.0 Å². The van der Waals surface area contributed by atoms with E-state index in [1.54, 1.807) is 6.92 Å². The Hall–Kier alpha value is -1.11. The molecule has 2 heterocycles. The molecule has 1 aromatic heterocycles. The summed E-state index contributed by atoms with van der Waals surface area (Å²) >= 11 is 1.27. The minimum absolute atomic E-state index is 0.0496. The smallest absolute Gasteiger partial charge is 0.348 e. The summed E-state index contributed by atoms with van der Waals surface area (Å²) in [6.07, 6.45) is -3.91. The van der Waals surface area contributed by atoms with E-state index in [4.69, 9.17) is 0 Å². The molecule has 1 saturated heterocycles. The Morgan fingerprint density at radius 1 is 1.37 bits per heavy atom. The van der Waals surface area contributed by atoms with Gasteiger partial charge in [0.25, 0.3) is 0 Å². The summed E-state index contributed by atoms with van der Waals surface area (Å²) in [7, 11) is 0. The van der Waals surface area contributed by atoms with Crippen LogP contribution in [-0.2, 0) is 0 Å². The van der Waals surface area contributed by atoms with E-state index in [9.17, 15) is 18.0 Å². The van der Waals surface area contributed by atoms with Crippen molar-refractivity contribution in [3.8, 4) is 0 Å². The van der Waals surface area contributed by atoms with Crippen LogP contribution in [0.1, 0.15) is 35.1 Å². The molecule has 0 unspecified atom stereocenters. The number of nitrogens with zero attached hydrogens (tertiary/aromatic N) is 2. The fourth-order valence-electron chi connectivity index (χ4n) is 2.24. The fourth-order valence-corrected chi connectivity index (χ4v) is 3.26. The van der Waals surface area contributed by atoms with Crippen molar-refractivity contribution < 1.29 is 18.0 Å². The van der Waals surface area contributed by atoms with E-state index in [0.29, 0.717) is 28.8 Å². The molecule has 0 spiro atoms. The molecule has 0 N–H and O–H groups in total. The van der Waals surface area contributed by atoms with Crippen LogP contribution in [0.15, 0.2) is 0 Å². The van der Waals surface area contributed by atoms with Crippen molar-refractivity contribution in [1.82, 2.24) is 4.98 Å². The van der Waals surface area contributed by atoms with Crippen LogP contribution in [0.25, 0.3) is 0 Å². The number of rotatable bonds is 2. The third-order valence-electron chi connectivity index (χ3n) is 3.33. The summed E-state index contributed by atoms with van der Waals surface area (Å²) in [5.74, 6) is -1.26. The van der Waals surface area contributed by atoms with E-state index < -0.39 is 12.1 Å². The van der Waals surface area contributed by atoms with Crippen molar-refractivity contribution in [2.24, 2.45) is 5.92 Å². The highest BCUT2D eigenvalue weighted by molar-refractivity contribution is 7.17. The standard InChI is InChI=1S/C12H15F3N2OS/c1-7-10(8(2)18)19-11(16-7)17-5-3-9(4-6-17)12(13,14)15/h9H,3-6H2,1-2H3. The summed E-state index contributed by atoms with van der Waals surface area (Å²) in [5, 5.41) is 0.656. The predicted octanol–water partition coefficient (Wildman–Crippen LogP) is 3.43. The minimum Gasteiger partial charge on any atom is -0.348 e. The number of halogens is 3. The van der Waals surface area contributed by atoms with Gasteiger partial charge in [0.05, 0.1) is 16.5 Å². The monoisotopic (exact) mass is 292 g/mol. The molecule has 0 radical (unpaired) electrons. The van der Waals surface area contributed by atoms with Gasteiger partial charge in [0.15, 0.2) is 10.9 Å². The summed E-state index contributed by atoms with van der Waals surface area (Å²) in [4.78, 5) is 18.1. The normalized spacial score (nSPS) is 17.8. The van der Waals surface area contributed by atoms with Crippen LogP contribution < -0.4 is 4.90 Å². The molecule has 0 aliphatic carbocycles. The summed E-state index contributed by atoms with van der Waals surface area (Å²) in [5.41, 5.74) is 0.658. The predicted molar refractivity (Wildman–Crippen MR) is 67.8 cm³/mol. The fraction of sp³-hybridized carbons (Fsp3) is 0.667. The molecular weight excluding hydrogens is 277 g/mol. The van der Waals surface area contributed by atoms with Crippen molar-refractivity contribution >= 4 is 22.3 Å². The highest BCUT2D eigenvalue weighted by atomic mass is 32.1. The maximum absolute atomic E-state index is 12.6. The van der Waals surface area contributed by atoms with E-state index in [2.05, 4.69) is 4.98 Å². The van der Waals surface area contributed by atoms with Crippen molar-refractivity contribution in [1.29, 1.82) is 0 Å². The van der Waals surface area contributed by atoms with Crippen LogP contribution in [0.3, 0.4) is 0 Å². The van der Waals surface area contributed by atoms with Crippen molar-refractivity contribution in [2.45, 2.75) is 32.9 Å². The largest absolute Gasteiger partial charge is 0.391 e. The van der Waals surface area contributed by atoms with Gasteiger partial charge < -0.3 is 4.90 Å². The summed E-state index contributed by atoms with van der Waals surface area (Å²) < 4.78 is 37.7. The van der Waals surface area contributed by atoms with E-state index in [1.807, 2.05) is 4.90 Å². The Morgan fingerprint density at radius 3 is 2.37 bits per heavy atom.